The lowest BCUT2D eigenvalue weighted by Gasteiger charge is -2.33. The number of sulfonamides is 1. The first-order chi connectivity index (χ1) is 20.1. The van der Waals surface area contributed by atoms with Crippen LogP contribution < -0.4 is 9.62 Å². The third-order valence-corrected chi connectivity index (χ3v) is 8.96. The first-order valence-electron chi connectivity index (χ1n) is 13.2. The molecule has 7 nitrogen and oxygen atoms in total. The number of aryl methyl sites for hydroxylation is 1. The second kappa shape index (κ2) is 13.9. The summed E-state index contributed by atoms with van der Waals surface area (Å²) in [7, 11) is -2.73. The Kier molecular flexibility index (Phi) is 10.3. The molecule has 0 fully saturated rings. The fraction of sp³-hybridized carbons (Fsp3) is 0.188. The van der Waals surface area contributed by atoms with Crippen molar-refractivity contribution >= 4 is 50.7 Å². The standard InChI is InChI=1S/C32H31Cl2N3O4S/c1-23-13-15-25(16-14-23)21-36(30(32(39)35-2)17-24-9-5-3-6-10-24)31(38)22-37(28-19-26(33)18-27(34)20-28)42(40,41)29-11-7-4-8-12-29/h3-16,18-20,30H,17,21-22H2,1-2H3,(H,35,39)/t30-/m0/s1. The van der Waals surface area contributed by atoms with Crippen LogP contribution in [0.3, 0.4) is 0 Å². The zero-order valence-electron chi connectivity index (χ0n) is 23.2. The fourth-order valence-corrected chi connectivity index (χ4v) is 6.48. The summed E-state index contributed by atoms with van der Waals surface area (Å²) in [4.78, 5) is 29.0. The van der Waals surface area contributed by atoms with Crippen molar-refractivity contribution in [2.45, 2.75) is 30.8 Å². The largest absolute Gasteiger partial charge is 0.357 e. The summed E-state index contributed by atoms with van der Waals surface area (Å²) in [5.41, 5.74) is 2.81. The van der Waals surface area contributed by atoms with Crippen molar-refractivity contribution in [3.63, 3.8) is 0 Å². The van der Waals surface area contributed by atoms with Crippen molar-refractivity contribution in [2.24, 2.45) is 0 Å². The van der Waals surface area contributed by atoms with E-state index in [1.165, 1.54) is 42.3 Å². The lowest BCUT2D eigenvalue weighted by Crippen LogP contribution is -2.53. The molecular weight excluding hydrogens is 593 g/mol. The summed E-state index contributed by atoms with van der Waals surface area (Å²) < 4.78 is 28.9. The Bertz CT molecular complexity index is 1610. The van der Waals surface area contributed by atoms with Gasteiger partial charge in [0.05, 0.1) is 10.6 Å². The first-order valence-corrected chi connectivity index (χ1v) is 15.4. The van der Waals surface area contributed by atoms with Gasteiger partial charge in [-0.25, -0.2) is 8.42 Å². The molecule has 4 rings (SSSR count). The third-order valence-electron chi connectivity index (χ3n) is 6.74. The van der Waals surface area contributed by atoms with Crippen LogP contribution in [0.4, 0.5) is 5.69 Å². The van der Waals surface area contributed by atoms with Crippen LogP contribution in [0.1, 0.15) is 16.7 Å². The molecule has 4 aromatic rings. The number of rotatable bonds is 11. The summed E-state index contributed by atoms with van der Waals surface area (Å²) in [6, 6.07) is 28.2. The molecule has 0 unspecified atom stereocenters. The van der Waals surface area contributed by atoms with Gasteiger partial charge in [-0.05, 0) is 48.4 Å². The maximum atomic E-state index is 14.3. The van der Waals surface area contributed by atoms with Crippen LogP contribution in [0, 0.1) is 6.92 Å². The van der Waals surface area contributed by atoms with Gasteiger partial charge in [0, 0.05) is 30.1 Å². The van der Waals surface area contributed by atoms with E-state index in [1.807, 2.05) is 61.5 Å². The Morgan fingerprint density at radius 1 is 0.810 bits per heavy atom. The maximum absolute atomic E-state index is 14.3. The van der Waals surface area contributed by atoms with Crippen LogP contribution in [-0.2, 0) is 32.6 Å². The number of hydrogen-bond donors (Lipinski definition) is 1. The number of halogens is 2. The van der Waals surface area contributed by atoms with Crippen molar-refractivity contribution in [2.75, 3.05) is 17.9 Å². The normalized spacial score (nSPS) is 11.9. The van der Waals surface area contributed by atoms with Gasteiger partial charge in [-0.2, -0.15) is 0 Å². The SMILES string of the molecule is CNC(=O)[C@H](Cc1ccccc1)N(Cc1ccc(C)cc1)C(=O)CN(c1cc(Cl)cc(Cl)c1)S(=O)(=O)c1ccccc1. The molecule has 42 heavy (non-hydrogen) atoms. The third kappa shape index (κ3) is 7.70. The van der Waals surface area contributed by atoms with Crippen LogP contribution in [0.25, 0.3) is 0 Å². The highest BCUT2D eigenvalue weighted by molar-refractivity contribution is 7.92. The molecule has 0 bridgehead atoms. The van der Waals surface area contributed by atoms with Gasteiger partial charge in [0.1, 0.15) is 12.6 Å². The zero-order chi connectivity index (χ0) is 30.3. The number of anilines is 1. The predicted octanol–water partition coefficient (Wildman–Crippen LogP) is 5.88. The van der Waals surface area contributed by atoms with Crippen LogP contribution in [0.5, 0.6) is 0 Å². The molecule has 10 heteroatoms. The van der Waals surface area contributed by atoms with E-state index in [1.54, 1.807) is 18.2 Å². The second-order valence-electron chi connectivity index (χ2n) is 9.78. The molecule has 0 aliphatic rings. The monoisotopic (exact) mass is 623 g/mol. The Hall–Kier alpha value is -3.85. The Labute approximate surface area is 256 Å². The first kappa shape index (κ1) is 31.1. The van der Waals surface area contributed by atoms with Crippen LogP contribution >= 0.6 is 23.2 Å². The van der Waals surface area contributed by atoms with E-state index in [4.69, 9.17) is 23.2 Å². The summed E-state index contributed by atoms with van der Waals surface area (Å²) in [5, 5.41) is 3.09. The van der Waals surface area contributed by atoms with E-state index in [0.717, 1.165) is 21.0 Å². The topological polar surface area (TPSA) is 86.8 Å². The summed E-state index contributed by atoms with van der Waals surface area (Å²) in [5.74, 6) is -0.946. The summed E-state index contributed by atoms with van der Waals surface area (Å²) in [6.07, 6.45) is 0.229. The van der Waals surface area contributed by atoms with Crippen LogP contribution in [0.15, 0.2) is 108 Å². The van der Waals surface area contributed by atoms with Crippen molar-refractivity contribution in [3.8, 4) is 0 Å². The number of hydrogen-bond acceptors (Lipinski definition) is 4. The molecule has 4 aromatic carbocycles. The van der Waals surface area contributed by atoms with Gasteiger partial charge in [-0.15, -0.1) is 0 Å². The predicted molar refractivity (Wildman–Crippen MR) is 167 cm³/mol. The highest BCUT2D eigenvalue weighted by Crippen LogP contribution is 2.30. The van der Waals surface area contributed by atoms with Gasteiger partial charge >= 0.3 is 0 Å². The van der Waals surface area contributed by atoms with Gasteiger partial charge in [0.15, 0.2) is 0 Å². The molecule has 0 saturated heterocycles. The van der Waals surface area contributed by atoms with Crippen LogP contribution in [0.2, 0.25) is 10.0 Å². The summed E-state index contributed by atoms with van der Waals surface area (Å²) >= 11 is 12.5. The molecule has 0 aromatic heterocycles. The molecule has 0 heterocycles. The van der Waals surface area contributed by atoms with Gasteiger partial charge in [-0.3, -0.25) is 13.9 Å². The Morgan fingerprint density at radius 3 is 1.95 bits per heavy atom. The van der Waals surface area contributed by atoms with Gasteiger partial charge < -0.3 is 10.2 Å². The van der Waals surface area contributed by atoms with Gasteiger partial charge in [0.25, 0.3) is 10.0 Å². The van der Waals surface area contributed by atoms with E-state index in [2.05, 4.69) is 5.32 Å². The minimum Gasteiger partial charge on any atom is -0.357 e. The molecule has 1 atom stereocenters. The molecule has 0 aliphatic carbocycles. The lowest BCUT2D eigenvalue weighted by molar-refractivity contribution is -0.139. The smallest absolute Gasteiger partial charge is 0.264 e. The van der Waals surface area contributed by atoms with Crippen molar-refractivity contribution in [1.82, 2.24) is 10.2 Å². The van der Waals surface area contributed by atoms with Gasteiger partial charge in [-0.1, -0.05) is 102 Å². The van der Waals surface area contributed by atoms with Crippen molar-refractivity contribution in [3.05, 3.63) is 130 Å². The fourth-order valence-electron chi connectivity index (χ4n) is 4.54. The average molecular weight is 625 g/mol. The molecule has 218 valence electrons. The van der Waals surface area contributed by atoms with E-state index in [-0.39, 0.29) is 39.5 Å². The molecular formula is C32H31Cl2N3O4S. The zero-order valence-corrected chi connectivity index (χ0v) is 25.5. The van der Waals surface area contributed by atoms with E-state index < -0.39 is 28.5 Å². The highest BCUT2D eigenvalue weighted by atomic mass is 35.5. The second-order valence-corrected chi connectivity index (χ2v) is 12.5. The Balaban J connectivity index is 1.80. The molecule has 0 radical (unpaired) electrons. The van der Waals surface area contributed by atoms with E-state index >= 15 is 0 Å². The van der Waals surface area contributed by atoms with Gasteiger partial charge in [0.2, 0.25) is 11.8 Å². The van der Waals surface area contributed by atoms with Crippen molar-refractivity contribution < 1.29 is 18.0 Å². The molecule has 1 N–H and O–H groups in total. The number of nitrogens with zero attached hydrogens (tertiary/aromatic N) is 2. The number of likely N-dealkylation sites (N-methyl/N-ethyl adjacent to an activating group) is 1. The molecule has 2 amide bonds. The summed E-state index contributed by atoms with van der Waals surface area (Å²) in [6.45, 7) is 1.44. The van der Waals surface area contributed by atoms with E-state index in [0.29, 0.717) is 0 Å². The molecule has 0 spiro atoms. The lowest BCUT2D eigenvalue weighted by atomic mass is 10.0. The Morgan fingerprint density at radius 2 is 1.38 bits per heavy atom. The number of carbonyl (C=O) groups excluding carboxylic acids is 2. The minimum absolute atomic E-state index is 0.00822. The van der Waals surface area contributed by atoms with Crippen LogP contribution in [-0.4, -0.2) is 44.8 Å². The quantitative estimate of drug-likeness (QED) is 0.226. The molecule has 0 saturated carbocycles. The number of nitrogens with one attached hydrogen (secondary N) is 1. The number of carbonyl (C=O) groups is 2. The molecule has 0 aliphatic heterocycles. The average Bonchev–Trinajstić information content (AvgIpc) is 2.98. The van der Waals surface area contributed by atoms with Crippen molar-refractivity contribution in [1.29, 1.82) is 0 Å². The highest BCUT2D eigenvalue weighted by Gasteiger charge is 2.34. The maximum Gasteiger partial charge on any atom is 0.264 e. The number of amides is 2. The van der Waals surface area contributed by atoms with E-state index in [9.17, 15) is 18.0 Å². The minimum atomic E-state index is -4.24. The number of benzene rings is 4.